The van der Waals surface area contributed by atoms with Crippen molar-refractivity contribution in [2.75, 3.05) is 18.9 Å². The van der Waals surface area contributed by atoms with E-state index in [-0.39, 0.29) is 17.3 Å². The number of carbonyl (C=O) groups excluding carboxylic acids is 1. The topological polar surface area (TPSA) is 66.5 Å². The Morgan fingerprint density at radius 2 is 1.69 bits per heavy atom. The van der Waals surface area contributed by atoms with Crippen molar-refractivity contribution < 1.29 is 13.2 Å². The molecule has 0 bridgehead atoms. The van der Waals surface area contributed by atoms with Crippen LogP contribution in [0, 0.1) is 0 Å². The number of hydrogen-bond acceptors (Lipinski definition) is 3. The van der Waals surface area contributed by atoms with Gasteiger partial charge in [0.1, 0.15) is 0 Å². The quantitative estimate of drug-likeness (QED) is 0.675. The Morgan fingerprint density at radius 3 is 2.27 bits per heavy atom. The molecule has 0 atom stereocenters. The van der Waals surface area contributed by atoms with Crippen molar-refractivity contribution in [1.29, 1.82) is 0 Å². The molecule has 2 rings (SSSR count). The summed E-state index contributed by atoms with van der Waals surface area (Å²) in [7, 11) is -2.31. The minimum absolute atomic E-state index is 0.149. The summed E-state index contributed by atoms with van der Waals surface area (Å²) in [6, 6.07) is 14.0. The SMILES string of the molecule is CCCCc1ccc(NC(=O)CN(C)S(=O)(=O)c2ccc(Br)cc2)cc1. The van der Waals surface area contributed by atoms with Crippen LogP contribution in [-0.4, -0.2) is 32.2 Å². The first-order valence-corrected chi connectivity index (χ1v) is 10.7. The number of amides is 1. The summed E-state index contributed by atoms with van der Waals surface area (Å²) in [5, 5.41) is 2.74. The van der Waals surface area contributed by atoms with Gasteiger partial charge in [-0.15, -0.1) is 0 Å². The molecule has 0 saturated heterocycles. The zero-order valence-electron chi connectivity index (χ0n) is 14.9. The highest BCUT2D eigenvalue weighted by Crippen LogP contribution is 2.18. The highest BCUT2D eigenvalue weighted by atomic mass is 79.9. The lowest BCUT2D eigenvalue weighted by molar-refractivity contribution is -0.116. The van der Waals surface area contributed by atoms with Crippen LogP contribution in [0.5, 0.6) is 0 Å². The molecule has 0 radical (unpaired) electrons. The average molecular weight is 439 g/mol. The maximum Gasteiger partial charge on any atom is 0.243 e. The Kier molecular flexibility index (Phi) is 7.37. The molecule has 0 saturated carbocycles. The van der Waals surface area contributed by atoms with Crippen molar-refractivity contribution in [2.45, 2.75) is 31.1 Å². The number of rotatable bonds is 8. The van der Waals surface area contributed by atoms with Gasteiger partial charge < -0.3 is 5.32 Å². The molecule has 0 heterocycles. The summed E-state index contributed by atoms with van der Waals surface area (Å²) in [6.07, 6.45) is 3.28. The van der Waals surface area contributed by atoms with E-state index in [0.29, 0.717) is 5.69 Å². The van der Waals surface area contributed by atoms with E-state index in [0.717, 1.165) is 28.0 Å². The standard InChI is InChI=1S/C19H23BrN2O3S/c1-3-4-5-15-6-10-17(11-7-15)21-19(23)14-22(2)26(24,25)18-12-8-16(20)9-13-18/h6-13H,3-5,14H2,1-2H3,(H,21,23). The van der Waals surface area contributed by atoms with Crippen molar-refractivity contribution in [1.82, 2.24) is 4.31 Å². The summed E-state index contributed by atoms with van der Waals surface area (Å²) in [6.45, 7) is 1.89. The molecular weight excluding hydrogens is 416 g/mol. The van der Waals surface area contributed by atoms with E-state index in [9.17, 15) is 13.2 Å². The summed E-state index contributed by atoms with van der Waals surface area (Å²) < 4.78 is 26.8. The fourth-order valence-electron chi connectivity index (χ4n) is 2.41. The molecule has 0 spiro atoms. The molecule has 0 unspecified atom stereocenters. The van der Waals surface area contributed by atoms with E-state index in [1.165, 1.54) is 24.7 Å². The smallest absolute Gasteiger partial charge is 0.243 e. The summed E-state index contributed by atoms with van der Waals surface area (Å²) in [4.78, 5) is 12.3. The highest BCUT2D eigenvalue weighted by molar-refractivity contribution is 9.10. The third kappa shape index (κ3) is 5.65. The minimum Gasteiger partial charge on any atom is -0.325 e. The van der Waals surface area contributed by atoms with Crippen molar-refractivity contribution >= 4 is 37.5 Å². The Bertz CT molecular complexity index is 834. The van der Waals surface area contributed by atoms with Gasteiger partial charge >= 0.3 is 0 Å². The Balaban J connectivity index is 1.97. The second kappa shape index (κ2) is 9.30. The number of halogens is 1. The van der Waals surface area contributed by atoms with Gasteiger partial charge in [-0.05, 0) is 54.8 Å². The molecule has 0 aromatic heterocycles. The van der Waals surface area contributed by atoms with Crippen molar-refractivity contribution in [2.24, 2.45) is 0 Å². The number of aryl methyl sites for hydroxylation is 1. The van der Waals surface area contributed by atoms with Crippen LogP contribution in [0.15, 0.2) is 57.9 Å². The number of nitrogens with one attached hydrogen (secondary N) is 1. The Hall–Kier alpha value is -1.70. The fourth-order valence-corrected chi connectivity index (χ4v) is 3.80. The second-order valence-corrected chi connectivity index (χ2v) is 9.02. The average Bonchev–Trinajstić information content (AvgIpc) is 2.61. The summed E-state index contributed by atoms with van der Waals surface area (Å²) in [5.74, 6) is -0.380. The molecule has 7 heteroatoms. The molecule has 2 aromatic rings. The number of benzene rings is 2. The largest absolute Gasteiger partial charge is 0.325 e. The fraction of sp³-hybridized carbons (Fsp3) is 0.316. The molecule has 2 aromatic carbocycles. The molecule has 26 heavy (non-hydrogen) atoms. The second-order valence-electron chi connectivity index (χ2n) is 6.06. The van der Waals surface area contributed by atoms with E-state index in [4.69, 9.17) is 0 Å². The van der Waals surface area contributed by atoms with Gasteiger partial charge in [0.15, 0.2) is 0 Å². The van der Waals surface area contributed by atoms with E-state index < -0.39 is 10.0 Å². The van der Waals surface area contributed by atoms with Gasteiger partial charge in [-0.1, -0.05) is 41.4 Å². The van der Waals surface area contributed by atoms with Crippen LogP contribution in [0.4, 0.5) is 5.69 Å². The first kappa shape index (κ1) is 20.6. The summed E-state index contributed by atoms with van der Waals surface area (Å²) in [5.41, 5.74) is 1.88. The normalized spacial score (nSPS) is 11.5. The van der Waals surface area contributed by atoms with Gasteiger partial charge in [0.25, 0.3) is 0 Å². The van der Waals surface area contributed by atoms with Crippen LogP contribution in [0.25, 0.3) is 0 Å². The van der Waals surface area contributed by atoms with E-state index >= 15 is 0 Å². The lowest BCUT2D eigenvalue weighted by atomic mass is 10.1. The molecule has 5 nitrogen and oxygen atoms in total. The maximum atomic E-state index is 12.5. The third-order valence-corrected chi connectivity index (χ3v) is 6.29. The van der Waals surface area contributed by atoms with Gasteiger partial charge in [0.05, 0.1) is 11.4 Å². The van der Waals surface area contributed by atoms with Gasteiger partial charge in [-0.2, -0.15) is 4.31 Å². The number of anilines is 1. The minimum atomic E-state index is -3.71. The number of nitrogens with zero attached hydrogens (tertiary/aromatic N) is 1. The zero-order valence-corrected chi connectivity index (χ0v) is 17.3. The third-order valence-electron chi connectivity index (χ3n) is 3.94. The van der Waals surface area contributed by atoms with Gasteiger partial charge in [-0.25, -0.2) is 8.42 Å². The van der Waals surface area contributed by atoms with E-state index in [1.807, 2.05) is 24.3 Å². The van der Waals surface area contributed by atoms with E-state index in [1.54, 1.807) is 12.1 Å². The predicted octanol–water partition coefficient (Wildman–Crippen LogP) is 4.05. The summed E-state index contributed by atoms with van der Waals surface area (Å²) >= 11 is 3.27. The van der Waals surface area contributed by atoms with Gasteiger partial charge in [0.2, 0.25) is 15.9 Å². The number of unbranched alkanes of at least 4 members (excludes halogenated alkanes) is 1. The molecule has 0 aliphatic rings. The van der Waals surface area contributed by atoms with Crippen LogP contribution in [0.3, 0.4) is 0 Å². The lowest BCUT2D eigenvalue weighted by Crippen LogP contribution is -2.34. The first-order chi connectivity index (χ1) is 12.3. The molecule has 1 amide bonds. The maximum absolute atomic E-state index is 12.5. The molecule has 0 aliphatic heterocycles. The molecule has 0 aliphatic carbocycles. The number of carbonyl (C=O) groups is 1. The van der Waals surface area contributed by atoms with Crippen LogP contribution < -0.4 is 5.32 Å². The number of likely N-dealkylation sites (N-methyl/N-ethyl adjacent to an activating group) is 1. The van der Waals surface area contributed by atoms with Crippen LogP contribution in [0.1, 0.15) is 25.3 Å². The zero-order chi connectivity index (χ0) is 19.2. The molecule has 0 fully saturated rings. The molecule has 140 valence electrons. The Labute approximate surface area is 163 Å². The first-order valence-electron chi connectivity index (χ1n) is 8.43. The number of hydrogen-bond donors (Lipinski definition) is 1. The van der Waals surface area contributed by atoms with Crippen molar-refractivity contribution in [3.63, 3.8) is 0 Å². The predicted molar refractivity (Wildman–Crippen MR) is 108 cm³/mol. The monoisotopic (exact) mass is 438 g/mol. The lowest BCUT2D eigenvalue weighted by Gasteiger charge is -2.17. The van der Waals surface area contributed by atoms with Crippen LogP contribution in [-0.2, 0) is 21.2 Å². The molecule has 1 N–H and O–H groups in total. The number of sulfonamides is 1. The van der Waals surface area contributed by atoms with Gasteiger partial charge in [-0.3, -0.25) is 4.79 Å². The van der Waals surface area contributed by atoms with Crippen molar-refractivity contribution in [3.8, 4) is 0 Å². The highest BCUT2D eigenvalue weighted by Gasteiger charge is 2.22. The Morgan fingerprint density at radius 1 is 1.08 bits per heavy atom. The van der Waals surface area contributed by atoms with Crippen LogP contribution >= 0.6 is 15.9 Å². The van der Waals surface area contributed by atoms with Crippen molar-refractivity contribution in [3.05, 3.63) is 58.6 Å². The van der Waals surface area contributed by atoms with E-state index in [2.05, 4.69) is 28.2 Å². The molecular formula is C19H23BrN2O3S. The van der Waals surface area contributed by atoms with Gasteiger partial charge in [0, 0.05) is 17.2 Å². The van der Waals surface area contributed by atoms with Crippen LogP contribution in [0.2, 0.25) is 0 Å².